The predicted octanol–water partition coefficient (Wildman–Crippen LogP) is 2.29. The summed E-state index contributed by atoms with van der Waals surface area (Å²) in [6, 6.07) is 8.79. The van der Waals surface area contributed by atoms with Gasteiger partial charge in [0.2, 0.25) is 5.91 Å². The molecule has 152 valence electrons. The molecule has 0 heterocycles. The maximum Gasteiger partial charge on any atom is 0.310 e. The first-order valence-electron chi connectivity index (χ1n) is 9.18. The summed E-state index contributed by atoms with van der Waals surface area (Å²) in [6.45, 7) is -0.914. The van der Waals surface area contributed by atoms with Crippen LogP contribution in [0.15, 0.2) is 36.4 Å². The van der Waals surface area contributed by atoms with Crippen molar-refractivity contribution in [3.63, 3.8) is 0 Å². The number of nitrogens with one attached hydrogen (secondary N) is 2. The summed E-state index contributed by atoms with van der Waals surface area (Å²) >= 11 is 0. The van der Waals surface area contributed by atoms with E-state index in [1.54, 1.807) is 0 Å². The van der Waals surface area contributed by atoms with Gasteiger partial charge in [-0.15, -0.1) is 0 Å². The lowest BCUT2D eigenvalue weighted by atomic mass is 10.0. The van der Waals surface area contributed by atoms with Gasteiger partial charge in [0.05, 0.1) is 13.0 Å². The normalized spacial score (nSPS) is 12.2. The number of rotatable bonds is 7. The first-order chi connectivity index (χ1) is 13.9. The molecule has 8 heteroatoms. The fourth-order valence-corrected chi connectivity index (χ4v) is 3.11. The van der Waals surface area contributed by atoms with E-state index in [0.717, 1.165) is 37.0 Å². The molecular formula is C21H20F2N2O4. The molecule has 0 spiro atoms. The van der Waals surface area contributed by atoms with Gasteiger partial charge in [0.1, 0.15) is 0 Å². The highest BCUT2D eigenvalue weighted by Crippen LogP contribution is 2.23. The van der Waals surface area contributed by atoms with Crippen LogP contribution in [0.4, 0.5) is 14.5 Å². The summed E-state index contributed by atoms with van der Waals surface area (Å²) in [4.78, 5) is 35.4. The maximum absolute atomic E-state index is 13.1. The third-order valence-electron chi connectivity index (χ3n) is 4.53. The Bertz CT molecular complexity index is 946. The third kappa shape index (κ3) is 5.84. The zero-order valence-electron chi connectivity index (χ0n) is 15.6. The Hall–Kier alpha value is -3.29. The minimum absolute atomic E-state index is 0.0592. The van der Waals surface area contributed by atoms with Gasteiger partial charge in [-0.2, -0.15) is 0 Å². The molecule has 0 fully saturated rings. The van der Waals surface area contributed by atoms with E-state index in [1.165, 1.54) is 17.2 Å². The molecule has 0 saturated carbocycles. The van der Waals surface area contributed by atoms with Crippen molar-refractivity contribution in [1.82, 2.24) is 5.32 Å². The molecule has 2 N–H and O–H groups in total. The molecule has 2 aromatic rings. The number of amides is 2. The van der Waals surface area contributed by atoms with Crippen LogP contribution in [0.1, 0.15) is 23.1 Å². The average Bonchev–Trinajstić information content (AvgIpc) is 3.15. The summed E-state index contributed by atoms with van der Waals surface area (Å²) < 4.78 is 30.9. The molecule has 0 aliphatic heterocycles. The van der Waals surface area contributed by atoms with Crippen molar-refractivity contribution in [2.45, 2.75) is 25.7 Å². The molecule has 0 radical (unpaired) electrons. The molecule has 0 atom stereocenters. The first-order valence-corrected chi connectivity index (χ1v) is 9.18. The molecule has 3 rings (SSSR count). The summed E-state index contributed by atoms with van der Waals surface area (Å²) in [5.41, 5.74) is 3.45. The Morgan fingerprint density at radius 1 is 0.931 bits per heavy atom. The van der Waals surface area contributed by atoms with Crippen LogP contribution in [0.2, 0.25) is 0 Å². The van der Waals surface area contributed by atoms with E-state index >= 15 is 0 Å². The second-order valence-corrected chi connectivity index (χ2v) is 6.75. The SMILES string of the molecule is O=C(COC(=O)Cc1ccc2c(c1)CCC2)NCC(=O)Nc1ccc(F)c(F)c1. The van der Waals surface area contributed by atoms with Crippen LogP contribution >= 0.6 is 0 Å². The molecule has 2 aromatic carbocycles. The number of anilines is 1. The second kappa shape index (κ2) is 9.27. The predicted molar refractivity (Wildman–Crippen MR) is 101 cm³/mol. The smallest absolute Gasteiger partial charge is 0.310 e. The number of halogens is 2. The first kappa shape index (κ1) is 20.4. The molecule has 1 aliphatic carbocycles. The highest BCUT2D eigenvalue weighted by molar-refractivity contribution is 5.94. The molecule has 0 bridgehead atoms. The second-order valence-electron chi connectivity index (χ2n) is 6.75. The van der Waals surface area contributed by atoms with E-state index in [1.807, 2.05) is 18.2 Å². The van der Waals surface area contributed by atoms with Gasteiger partial charge in [-0.25, -0.2) is 8.78 Å². The molecular weight excluding hydrogens is 382 g/mol. The lowest BCUT2D eigenvalue weighted by Crippen LogP contribution is -2.35. The van der Waals surface area contributed by atoms with E-state index in [9.17, 15) is 23.2 Å². The number of benzene rings is 2. The number of fused-ring (bicyclic) bond motifs is 1. The molecule has 6 nitrogen and oxygen atoms in total. The van der Waals surface area contributed by atoms with E-state index in [2.05, 4.69) is 10.6 Å². The van der Waals surface area contributed by atoms with Gasteiger partial charge in [0.15, 0.2) is 18.2 Å². The van der Waals surface area contributed by atoms with Crippen LogP contribution in [0, 0.1) is 11.6 Å². The number of hydrogen-bond donors (Lipinski definition) is 2. The van der Waals surface area contributed by atoms with Gasteiger partial charge in [0.25, 0.3) is 5.91 Å². The van der Waals surface area contributed by atoms with E-state index in [-0.39, 0.29) is 12.1 Å². The number of hydrogen-bond acceptors (Lipinski definition) is 4. The number of carbonyl (C=O) groups is 3. The summed E-state index contributed by atoms with van der Waals surface area (Å²) in [5, 5.41) is 4.60. The van der Waals surface area contributed by atoms with Crippen molar-refractivity contribution in [3.8, 4) is 0 Å². The third-order valence-corrected chi connectivity index (χ3v) is 4.53. The standard InChI is InChI=1S/C21H20F2N2O4/c22-17-7-6-16(10-18(17)23)25-19(26)11-24-20(27)12-29-21(28)9-13-4-5-14-2-1-3-15(14)8-13/h4-8,10H,1-3,9,11-12H2,(H,24,27)(H,25,26). The minimum Gasteiger partial charge on any atom is -0.455 e. The zero-order valence-corrected chi connectivity index (χ0v) is 15.6. The van der Waals surface area contributed by atoms with Gasteiger partial charge in [0, 0.05) is 11.8 Å². The van der Waals surface area contributed by atoms with Gasteiger partial charge in [-0.1, -0.05) is 18.2 Å². The largest absolute Gasteiger partial charge is 0.455 e. The fourth-order valence-electron chi connectivity index (χ4n) is 3.11. The van der Waals surface area contributed by atoms with Gasteiger partial charge < -0.3 is 15.4 Å². The van der Waals surface area contributed by atoms with Crippen LogP contribution in [0.5, 0.6) is 0 Å². The van der Waals surface area contributed by atoms with Gasteiger partial charge >= 0.3 is 5.97 Å². The molecule has 0 unspecified atom stereocenters. The Morgan fingerprint density at radius 3 is 2.52 bits per heavy atom. The molecule has 0 saturated heterocycles. The van der Waals surface area contributed by atoms with Crippen molar-refractivity contribution >= 4 is 23.5 Å². The monoisotopic (exact) mass is 402 g/mol. The zero-order chi connectivity index (χ0) is 20.8. The van der Waals surface area contributed by atoms with Crippen LogP contribution in [0.3, 0.4) is 0 Å². The number of aryl methyl sites for hydroxylation is 2. The number of carbonyl (C=O) groups excluding carboxylic acids is 3. The molecule has 0 aromatic heterocycles. The summed E-state index contributed by atoms with van der Waals surface area (Å²) in [6.07, 6.45) is 3.25. The Morgan fingerprint density at radius 2 is 1.72 bits per heavy atom. The fraction of sp³-hybridized carbons (Fsp3) is 0.286. The van der Waals surface area contributed by atoms with Crippen molar-refractivity contribution in [2.24, 2.45) is 0 Å². The van der Waals surface area contributed by atoms with Crippen molar-refractivity contribution in [1.29, 1.82) is 0 Å². The van der Waals surface area contributed by atoms with Gasteiger partial charge in [-0.3, -0.25) is 14.4 Å². The number of esters is 1. The molecule has 2 amide bonds. The Balaban J connectivity index is 1.37. The minimum atomic E-state index is -1.10. The Labute approximate surface area is 166 Å². The van der Waals surface area contributed by atoms with Crippen LogP contribution < -0.4 is 10.6 Å². The van der Waals surface area contributed by atoms with E-state index in [0.29, 0.717) is 0 Å². The molecule has 29 heavy (non-hydrogen) atoms. The maximum atomic E-state index is 13.1. The number of ether oxygens (including phenoxy) is 1. The summed E-state index contributed by atoms with van der Waals surface area (Å²) in [5.74, 6) is -3.94. The van der Waals surface area contributed by atoms with Crippen molar-refractivity contribution in [2.75, 3.05) is 18.5 Å². The van der Waals surface area contributed by atoms with Crippen LogP contribution in [-0.4, -0.2) is 30.9 Å². The van der Waals surface area contributed by atoms with Crippen molar-refractivity contribution in [3.05, 3.63) is 64.7 Å². The van der Waals surface area contributed by atoms with Gasteiger partial charge in [-0.05, 0) is 48.1 Å². The lowest BCUT2D eigenvalue weighted by molar-refractivity contribution is -0.147. The van der Waals surface area contributed by atoms with Crippen molar-refractivity contribution < 1.29 is 27.9 Å². The molecule has 1 aliphatic rings. The summed E-state index contributed by atoms with van der Waals surface area (Å²) in [7, 11) is 0. The Kier molecular flexibility index (Phi) is 6.54. The topological polar surface area (TPSA) is 84.5 Å². The lowest BCUT2D eigenvalue weighted by Gasteiger charge is -2.08. The highest BCUT2D eigenvalue weighted by Gasteiger charge is 2.14. The highest BCUT2D eigenvalue weighted by atomic mass is 19.2. The average molecular weight is 402 g/mol. The quantitative estimate of drug-likeness (QED) is 0.696. The van der Waals surface area contributed by atoms with E-state index in [4.69, 9.17) is 4.74 Å². The van der Waals surface area contributed by atoms with Crippen LogP contribution in [0.25, 0.3) is 0 Å². The van der Waals surface area contributed by atoms with E-state index < -0.39 is 42.6 Å². The van der Waals surface area contributed by atoms with Crippen LogP contribution in [-0.2, 0) is 38.4 Å².